The number of hydrogen-bond acceptors (Lipinski definition) is 8. The molecule has 0 spiro atoms. The Bertz CT molecular complexity index is 1200. The number of benzene rings is 1. The van der Waals surface area contributed by atoms with E-state index in [1.165, 1.54) is 24.4 Å². The van der Waals surface area contributed by atoms with Gasteiger partial charge in [0.1, 0.15) is 6.23 Å². The number of aryl methyl sites for hydroxylation is 1. The molecule has 0 aliphatic carbocycles. The highest BCUT2D eigenvalue weighted by atomic mass is 32.1. The molecule has 0 radical (unpaired) electrons. The van der Waals surface area contributed by atoms with Crippen LogP contribution in [0.25, 0.3) is 17.0 Å². The Morgan fingerprint density at radius 3 is 2.69 bits per heavy atom. The van der Waals surface area contributed by atoms with Crippen LogP contribution in [0.2, 0.25) is 0 Å². The van der Waals surface area contributed by atoms with Gasteiger partial charge in [-0.15, -0.1) is 0 Å². The van der Waals surface area contributed by atoms with E-state index in [2.05, 4.69) is 44.5 Å². The van der Waals surface area contributed by atoms with Crippen molar-refractivity contribution in [3.8, 4) is 17.1 Å². The Kier molecular flexibility index (Phi) is 7.22. The molecular formula is C27H31N5O2S. The number of likely N-dealkylation sites (tertiary alicyclic amines) is 1. The average molecular weight is 490 g/mol. The Hall–Kier alpha value is -3.07. The van der Waals surface area contributed by atoms with Crippen molar-refractivity contribution in [3.63, 3.8) is 0 Å². The minimum Gasteiger partial charge on any atom is -0.490 e. The predicted octanol–water partition coefficient (Wildman–Crippen LogP) is 4.36. The zero-order valence-electron chi connectivity index (χ0n) is 20.2. The molecule has 35 heavy (non-hydrogen) atoms. The highest BCUT2D eigenvalue weighted by Gasteiger charge is 2.18. The molecule has 3 aromatic rings. The molecule has 5 rings (SSSR count). The van der Waals surface area contributed by atoms with E-state index in [1.807, 2.05) is 42.3 Å². The summed E-state index contributed by atoms with van der Waals surface area (Å²) < 4.78 is 10.3. The Balaban J connectivity index is 1.23. The van der Waals surface area contributed by atoms with Gasteiger partial charge in [0.05, 0.1) is 29.6 Å². The van der Waals surface area contributed by atoms with E-state index in [9.17, 15) is 5.11 Å². The van der Waals surface area contributed by atoms with Gasteiger partial charge in [0.2, 0.25) is 0 Å². The van der Waals surface area contributed by atoms with Gasteiger partial charge in [0.25, 0.3) is 0 Å². The molecular weight excluding hydrogens is 458 g/mol. The number of piperidine rings is 1. The number of aliphatic hydroxyl groups is 1. The van der Waals surface area contributed by atoms with Crippen molar-refractivity contribution in [2.75, 3.05) is 26.7 Å². The Morgan fingerprint density at radius 2 is 1.94 bits per heavy atom. The summed E-state index contributed by atoms with van der Waals surface area (Å²) in [7, 11) is 2.17. The number of aromatic nitrogens is 3. The standard InChI is InChI=1S/C27H31N5O2S/c1-19-12-25(35-30-19)23-6-7-26(33)32(17-23)16-21-4-3-5-22(13-21)27-28-14-24(15-29-27)34-18-20-8-10-31(2)11-9-20/h3-7,12-15,17,20,26,33H,8-11,16,18H2,1-2H3. The van der Waals surface area contributed by atoms with Crippen LogP contribution in [0, 0.1) is 12.8 Å². The SMILES string of the molecule is Cc1cc(C2=CN(Cc3cccc(-c4ncc(OCC5CCN(C)CC5)cn4)c3)C(O)C=C2)sn1. The van der Waals surface area contributed by atoms with Crippen LogP contribution >= 0.6 is 11.5 Å². The number of nitrogens with zero attached hydrogens (tertiary/aromatic N) is 5. The Morgan fingerprint density at radius 1 is 1.14 bits per heavy atom. The molecule has 1 aromatic carbocycles. The molecule has 0 saturated carbocycles. The van der Waals surface area contributed by atoms with E-state index in [-0.39, 0.29) is 0 Å². The molecule has 182 valence electrons. The number of hydrogen-bond donors (Lipinski definition) is 1. The second kappa shape index (κ2) is 10.7. The van der Waals surface area contributed by atoms with E-state index in [1.54, 1.807) is 12.4 Å². The van der Waals surface area contributed by atoms with E-state index in [0.29, 0.717) is 24.0 Å². The number of aliphatic hydroxyl groups excluding tert-OH is 1. The summed E-state index contributed by atoms with van der Waals surface area (Å²) >= 11 is 1.47. The minimum atomic E-state index is -0.673. The van der Waals surface area contributed by atoms with Gasteiger partial charge >= 0.3 is 0 Å². The molecule has 2 aliphatic heterocycles. The van der Waals surface area contributed by atoms with Crippen LogP contribution in [0.4, 0.5) is 0 Å². The van der Waals surface area contributed by atoms with Gasteiger partial charge in [-0.1, -0.05) is 24.3 Å². The van der Waals surface area contributed by atoms with Crippen LogP contribution in [0.15, 0.2) is 61.1 Å². The lowest BCUT2D eigenvalue weighted by Gasteiger charge is -2.28. The van der Waals surface area contributed by atoms with Crippen molar-refractivity contribution < 1.29 is 9.84 Å². The van der Waals surface area contributed by atoms with Gasteiger partial charge in [-0.2, -0.15) is 4.37 Å². The Labute approximate surface area is 210 Å². The summed E-state index contributed by atoms with van der Waals surface area (Å²) in [5.41, 5.74) is 4.06. The van der Waals surface area contributed by atoms with E-state index in [0.717, 1.165) is 47.0 Å². The van der Waals surface area contributed by atoms with Crippen molar-refractivity contribution in [1.29, 1.82) is 0 Å². The third-order valence-corrected chi connectivity index (χ3v) is 7.44. The summed E-state index contributed by atoms with van der Waals surface area (Å²) in [6.07, 6.45) is 10.9. The summed E-state index contributed by atoms with van der Waals surface area (Å²) in [4.78, 5) is 14.5. The second-order valence-electron chi connectivity index (χ2n) is 9.36. The van der Waals surface area contributed by atoms with E-state index < -0.39 is 6.23 Å². The maximum Gasteiger partial charge on any atom is 0.159 e. The van der Waals surface area contributed by atoms with Gasteiger partial charge in [0.15, 0.2) is 11.6 Å². The monoisotopic (exact) mass is 489 g/mol. The van der Waals surface area contributed by atoms with Gasteiger partial charge in [-0.25, -0.2) is 9.97 Å². The molecule has 1 fully saturated rings. The maximum absolute atomic E-state index is 10.5. The smallest absolute Gasteiger partial charge is 0.159 e. The molecule has 7 nitrogen and oxygen atoms in total. The third-order valence-electron chi connectivity index (χ3n) is 6.51. The molecule has 1 unspecified atom stereocenters. The predicted molar refractivity (Wildman–Crippen MR) is 139 cm³/mol. The largest absolute Gasteiger partial charge is 0.490 e. The molecule has 1 saturated heterocycles. The van der Waals surface area contributed by atoms with Crippen LogP contribution in [-0.2, 0) is 6.54 Å². The first kappa shape index (κ1) is 23.7. The first-order valence-corrected chi connectivity index (χ1v) is 12.8. The quantitative estimate of drug-likeness (QED) is 0.529. The third kappa shape index (κ3) is 5.96. The van der Waals surface area contributed by atoms with Gasteiger partial charge in [-0.3, -0.25) is 0 Å². The van der Waals surface area contributed by atoms with Crippen LogP contribution in [0.1, 0.15) is 29.0 Å². The number of rotatable bonds is 7. The lowest BCUT2D eigenvalue weighted by atomic mass is 9.98. The van der Waals surface area contributed by atoms with Crippen molar-refractivity contribution in [2.45, 2.75) is 32.5 Å². The molecule has 2 aliphatic rings. The molecule has 1 atom stereocenters. The molecule has 1 N–H and O–H groups in total. The molecule has 0 bridgehead atoms. The van der Waals surface area contributed by atoms with Crippen LogP contribution in [0.5, 0.6) is 5.75 Å². The summed E-state index contributed by atoms with van der Waals surface area (Å²) in [6, 6.07) is 10.2. The van der Waals surface area contributed by atoms with Gasteiger partial charge in [-0.05, 0) is 81.1 Å². The summed E-state index contributed by atoms with van der Waals surface area (Å²) in [6.45, 7) is 5.54. The lowest BCUT2D eigenvalue weighted by Crippen LogP contribution is -2.32. The molecule has 4 heterocycles. The highest BCUT2D eigenvalue weighted by molar-refractivity contribution is 7.07. The fourth-order valence-electron chi connectivity index (χ4n) is 4.39. The zero-order chi connectivity index (χ0) is 24.2. The zero-order valence-corrected chi connectivity index (χ0v) is 21.0. The minimum absolute atomic E-state index is 0.568. The molecule has 8 heteroatoms. The fraction of sp³-hybridized carbons (Fsp3) is 0.370. The second-order valence-corrected chi connectivity index (χ2v) is 10.2. The summed E-state index contributed by atoms with van der Waals surface area (Å²) in [5.74, 6) is 1.97. The number of ether oxygens (including phenoxy) is 1. The van der Waals surface area contributed by atoms with Crippen LogP contribution in [0.3, 0.4) is 0 Å². The van der Waals surface area contributed by atoms with Crippen molar-refractivity contribution >= 4 is 17.1 Å². The first-order chi connectivity index (χ1) is 17.0. The summed E-state index contributed by atoms with van der Waals surface area (Å²) in [5, 5.41) is 10.5. The van der Waals surface area contributed by atoms with E-state index in [4.69, 9.17) is 4.74 Å². The highest BCUT2D eigenvalue weighted by Crippen LogP contribution is 2.27. The molecule has 0 amide bonds. The lowest BCUT2D eigenvalue weighted by molar-refractivity contribution is 0.0730. The first-order valence-electron chi connectivity index (χ1n) is 12.0. The van der Waals surface area contributed by atoms with Crippen LogP contribution in [-0.4, -0.2) is 62.2 Å². The van der Waals surface area contributed by atoms with Crippen LogP contribution < -0.4 is 4.74 Å². The maximum atomic E-state index is 10.5. The van der Waals surface area contributed by atoms with Crippen molar-refractivity contribution in [1.82, 2.24) is 24.1 Å². The van der Waals surface area contributed by atoms with Gasteiger partial charge in [0, 0.05) is 23.9 Å². The van der Waals surface area contributed by atoms with Gasteiger partial charge < -0.3 is 19.6 Å². The van der Waals surface area contributed by atoms with E-state index >= 15 is 0 Å². The topological polar surface area (TPSA) is 74.6 Å². The van der Waals surface area contributed by atoms with Crippen molar-refractivity contribution in [3.05, 3.63) is 77.2 Å². The fourth-order valence-corrected chi connectivity index (χ4v) is 5.13. The average Bonchev–Trinajstić information content (AvgIpc) is 3.32. The normalized spacial score (nSPS) is 19.1. The molecule has 2 aromatic heterocycles. The number of allylic oxidation sites excluding steroid dienone is 2. The van der Waals surface area contributed by atoms with Crippen molar-refractivity contribution in [2.24, 2.45) is 5.92 Å².